The van der Waals surface area contributed by atoms with Gasteiger partial charge in [0.1, 0.15) is 5.76 Å². The van der Waals surface area contributed by atoms with Crippen molar-refractivity contribution in [2.24, 2.45) is 5.92 Å². The quantitative estimate of drug-likeness (QED) is 0.847. The first kappa shape index (κ1) is 15.4. The molecule has 0 aromatic carbocycles. The van der Waals surface area contributed by atoms with E-state index < -0.39 is 0 Å². The van der Waals surface area contributed by atoms with Gasteiger partial charge in [0.05, 0.1) is 18.4 Å². The highest BCUT2D eigenvalue weighted by molar-refractivity contribution is 5.95. The smallest absolute Gasteiger partial charge is 0.257 e. The standard InChI is InChI=1S/C19H22N2O3/c1-13-17(5-7-24-13)19(22)21-6-4-18-15(10-21)8-20-9-16(18)12-23-11-14-2-3-14/h5,7-9,14H,2-4,6,10-12H2,1H3. The lowest BCUT2D eigenvalue weighted by Crippen LogP contribution is -2.36. The molecule has 3 heterocycles. The monoisotopic (exact) mass is 326 g/mol. The van der Waals surface area contributed by atoms with Crippen molar-refractivity contribution in [1.29, 1.82) is 0 Å². The number of carbonyl (C=O) groups is 1. The van der Waals surface area contributed by atoms with Crippen LogP contribution in [0.4, 0.5) is 0 Å². The molecule has 2 aromatic rings. The number of hydrogen-bond donors (Lipinski definition) is 0. The lowest BCUT2D eigenvalue weighted by atomic mass is 9.97. The number of rotatable bonds is 5. The van der Waals surface area contributed by atoms with Crippen molar-refractivity contribution in [3.05, 3.63) is 52.7 Å². The summed E-state index contributed by atoms with van der Waals surface area (Å²) in [6, 6.07) is 1.74. The molecule has 24 heavy (non-hydrogen) atoms. The highest BCUT2D eigenvalue weighted by Crippen LogP contribution is 2.30. The van der Waals surface area contributed by atoms with Crippen molar-refractivity contribution in [1.82, 2.24) is 9.88 Å². The molecule has 0 unspecified atom stereocenters. The second kappa shape index (κ2) is 6.40. The van der Waals surface area contributed by atoms with E-state index in [0.717, 1.165) is 31.1 Å². The van der Waals surface area contributed by atoms with E-state index in [0.29, 0.717) is 24.5 Å². The van der Waals surface area contributed by atoms with E-state index in [2.05, 4.69) is 4.98 Å². The maximum Gasteiger partial charge on any atom is 0.257 e. The van der Waals surface area contributed by atoms with Crippen LogP contribution < -0.4 is 0 Å². The third-order valence-electron chi connectivity index (χ3n) is 4.91. The molecule has 4 rings (SSSR count). The minimum absolute atomic E-state index is 0.0299. The van der Waals surface area contributed by atoms with Crippen molar-refractivity contribution in [3.8, 4) is 0 Å². The molecule has 0 atom stereocenters. The highest BCUT2D eigenvalue weighted by atomic mass is 16.5. The lowest BCUT2D eigenvalue weighted by molar-refractivity contribution is 0.0730. The normalized spacial score (nSPS) is 17.0. The minimum atomic E-state index is 0.0299. The van der Waals surface area contributed by atoms with E-state index in [4.69, 9.17) is 9.15 Å². The first-order chi connectivity index (χ1) is 11.7. The molecule has 2 aromatic heterocycles. The van der Waals surface area contributed by atoms with E-state index in [9.17, 15) is 4.79 Å². The third kappa shape index (κ3) is 3.08. The number of aryl methyl sites for hydroxylation is 1. The molecule has 1 fully saturated rings. The average molecular weight is 326 g/mol. The number of aromatic nitrogens is 1. The lowest BCUT2D eigenvalue weighted by Gasteiger charge is -2.29. The highest BCUT2D eigenvalue weighted by Gasteiger charge is 2.26. The second-order valence-electron chi connectivity index (χ2n) is 6.76. The summed E-state index contributed by atoms with van der Waals surface area (Å²) in [6.45, 7) is 4.62. The van der Waals surface area contributed by atoms with Crippen molar-refractivity contribution < 1.29 is 13.9 Å². The maximum absolute atomic E-state index is 12.7. The molecule has 1 amide bonds. The molecule has 1 aliphatic carbocycles. The number of ether oxygens (including phenoxy) is 1. The molecule has 126 valence electrons. The van der Waals surface area contributed by atoms with Crippen LogP contribution in [0.3, 0.4) is 0 Å². The number of hydrogen-bond acceptors (Lipinski definition) is 4. The van der Waals surface area contributed by atoms with Gasteiger partial charge in [0.15, 0.2) is 0 Å². The number of pyridine rings is 1. The van der Waals surface area contributed by atoms with E-state index >= 15 is 0 Å². The summed E-state index contributed by atoms with van der Waals surface area (Å²) in [4.78, 5) is 18.9. The number of amides is 1. The van der Waals surface area contributed by atoms with Crippen molar-refractivity contribution in [3.63, 3.8) is 0 Å². The predicted octanol–water partition coefficient (Wildman–Crippen LogP) is 3.11. The number of fused-ring (bicyclic) bond motifs is 1. The van der Waals surface area contributed by atoms with Crippen LogP contribution in [0, 0.1) is 12.8 Å². The van der Waals surface area contributed by atoms with Crippen LogP contribution in [0.5, 0.6) is 0 Å². The van der Waals surface area contributed by atoms with Crippen LogP contribution in [-0.2, 0) is 24.3 Å². The zero-order valence-corrected chi connectivity index (χ0v) is 14.0. The molecule has 5 nitrogen and oxygen atoms in total. The minimum Gasteiger partial charge on any atom is -0.469 e. The Labute approximate surface area is 141 Å². The van der Waals surface area contributed by atoms with Crippen molar-refractivity contribution >= 4 is 5.91 Å². The molecule has 2 aliphatic rings. The summed E-state index contributed by atoms with van der Waals surface area (Å²) >= 11 is 0. The van der Waals surface area contributed by atoms with Gasteiger partial charge in [-0.15, -0.1) is 0 Å². The molecule has 1 aliphatic heterocycles. The van der Waals surface area contributed by atoms with Crippen LogP contribution in [0.1, 0.15) is 45.7 Å². The summed E-state index contributed by atoms with van der Waals surface area (Å²) in [5, 5.41) is 0. The molecule has 0 saturated heterocycles. The van der Waals surface area contributed by atoms with E-state index in [1.165, 1.54) is 24.0 Å². The summed E-state index contributed by atoms with van der Waals surface area (Å²) in [5.41, 5.74) is 4.24. The fourth-order valence-corrected chi connectivity index (χ4v) is 3.26. The fourth-order valence-electron chi connectivity index (χ4n) is 3.26. The Balaban J connectivity index is 1.46. The summed E-state index contributed by atoms with van der Waals surface area (Å²) in [7, 11) is 0. The Morgan fingerprint density at radius 2 is 2.29 bits per heavy atom. The summed E-state index contributed by atoms with van der Waals surface area (Å²) in [5.74, 6) is 1.47. The van der Waals surface area contributed by atoms with Crippen molar-refractivity contribution in [2.45, 2.75) is 39.3 Å². The first-order valence-electron chi connectivity index (χ1n) is 8.58. The van der Waals surface area contributed by atoms with Crippen molar-refractivity contribution in [2.75, 3.05) is 13.2 Å². The van der Waals surface area contributed by atoms with E-state index in [-0.39, 0.29) is 5.91 Å². The third-order valence-corrected chi connectivity index (χ3v) is 4.91. The Morgan fingerprint density at radius 3 is 3.04 bits per heavy atom. The van der Waals surface area contributed by atoms with Crippen LogP contribution in [-0.4, -0.2) is 28.9 Å². The van der Waals surface area contributed by atoms with Gasteiger partial charge in [-0.05, 0) is 54.9 Å². The fraction of sp³-hybridized carbons (Fsp3) is 0.474. The van der Waals surface area contributed by atoms with E-state index in [1.54, 1.807) is 12.3 Å². The van der Waals surface area contributed by atoms with Crippen LogP contribution >= 0.6 is 0 Å². The summed E-state index contributed by atoms with van der Waals surface area (Å²) in [6.07, 6.45) is 8.80. The van der Waals surface area contributed by atoms with Gasteiger partial charge in [-0.25, -0.2) is 0 Å². The second-order valence-corrected chi connectivity index (χ2v) is 6.76. The molecule has 5 heteroatoms. The largest absolute Gasteiger partial charge is 0.469 e. The molecular formula is C19H22N2O3. The van der Waals surface area contributed by atoms with Gasteiger partial charge >= 0.3 is 0 Å². The summed E-state index contributed by atoms with van der Waals surface area (Å²) < 4.78 is 11.1. The first-order valence-corrected chi connectivity index (χ1v) is 8.58. The van der Waals surface area contributed by atoms with Gasteiger partial charge in [0.2, 0.25) is 0 Å². The van der Waals surface area contributed by atoms with Crippen LogP contribution in [0.15, 0.2) is 29.1 Å². The molecule has 0 spiro atoms. The Kier molecular flexibility index (Phi) is 4.10. The Bertz CT molecular complexity index is 749. The van der Waals surface area contributed by atoms with Gasteiger partial charge in [-0.1, -0.05) is 0 Å². The van der Waals surface area contributed by atoms with Gasteiger partial charge in [-0.3, -0.25) is 9.78 Å². The molecule has 0 radical (unpaired) electrons. The molecular weight excluding hydrogens is 304 g/mol. The predicted molar refractivity (Wildman–Crippen MR) is 88.5 cm³/mol. The molecule has 1 saturated carbocycles. The SMILES string of the molecule is Cc1occc1C(=O)N1CCc2c(COCC3CC3)cncc2C1. The maximum atomic E-state index is 12.7. The Morgan fingerprint density at radius 1 is 1.42 bits per heavy atom. The average Bonchev–Trinajstić information content (AvgIpc) is 3.33. The van der Waals surface area contributed by atoms with Gasteiger partial charge in [0.25, 0.3) is 5.91 Å². The molecule has 0 N–H and O–H groups in total. The Hall–Kier alpha value is -2.14. The van der Waals surface area contributed by atoms with Gasteiger partial charge in [-0.2, -0.15) is 0 Å². The number of nitrogens with zero attached hydrogens (tertiary/aromatic N) is 2. The van der Waals surface area contributed by atoms with E-state index in [1.807, 2.05) is 24.2 Å². The number of carbonyl (C=O) groups excluding carboxylic acids is 1. The zero-order valence-electron chi connectivity index (χ0n) is 14.0. The van der Waals surface area contributed by atoms with Gasteiger partial charge < -0.3 is 14.1 Å². The molecule has 0 bridgehead atoms. The van der Waals surface area contributed by atoms with Gasteiger partial charge in [0, 0.05) is 32.1 Å². The zero-order chi connectivity index (χ0) is 16.5. The topological polar surface area (TPSA) is 55.6 Å². The van der Waals surface area contributed by atoms with Crippen LogP contribution in [0.25, 0.3) is 0 Å². The van der Waals surface area contributed by atoms with Crippen LogP contribution in [0.2, 0.25) is 0 Å². The number of furan rings is 1.